The van der Waals surface area contributed by atoms with Crippen molar-refractivity contribution < 1.29 is 19.1 Å². The Labute approximate surface area is 178 Å². The molecule has 0 heterocycles. The minimum absolute atomic E-state index is 0.0616. The van der Waals surface area contributed by atoms with Gasteiger partial charge in [0.15, 0.2) is 11.5 Å². The van der Waals surface area contributed by atoms with Gasteiger partial charge in [0.05, 0.1) is 13.7 Å². The Hall–Kier alpha value is -3.02. The van der Waals surface area contributed by atoms with Crippen LogP contribution >= 0.6 is 0 Å². The minimum atomic E-state index is -0.238. The number of ether oxygens (including phenoxy) is 2. The van der Waals surface area contributed by atoms with Crippen LogP contribution in [0.2, 0.25) is 0 Å². The van der Waals surface area contributed by atoms with Crippen molar-refractivity contribution in [3.63, 3.8) is 0 Å². The predicted octanol–water partition coefficient (Wildman–Crippen LogP) is 5.26. The molecule has 1 saturated carbocycles. The molecule has 2 aromatic rings. The van der Waals surface area contributed by atoms with Crippen LogP contribution in [0.15, 0.2) is 42.5 Å². The van der Waals surface area contributed by atoms with E-state index in [1.54, 1.807) is 49.6 Å². The monoisotopic (exact) mass is 410 g/mol. The third-order valence-corrected chi connectivity index (χ3v) is 5.04. The maximum atomic E-state index is 12.6. The summed E-state index contributed by atoms with van der Waals surface area (Å²) in [5.74, 6) is 1.16. The zero-order valence-electron chi connectivity index (χ0n) is 17.7. The lowest BCUT2D eigenvalue weighted by Gasteiger charge is -2.12. The Kier molecular flexibility index (Phi) is 7.71. The minimum Gasteiger partial charge on any atom is -0.493 e. The van der Waals surface area contributed by atoms with E-state index in [9.17, 15) is 9.59 Å². The van der Waals surface area contributed by atoms with Crippen molar-refractivity contribution in [2.75, 3.05) is 24.4 Å². The number of anilines is 2. The third-order valence-electron chi connectivity index (χ3n) is 5.04. The number of benzene rings is 2. The van der Waals surface area contributed by atoms with E-state index >= 15 is 0 Å². The molecule has 1 aliphatic rings. The molecule has 30 heavy (non-hydrogen) atoms. The largest absolute Gasteiger partial charge is 0.493 e. The molecule has 2 N–H and O–H groups in total. The molecule has 1 fully saturated rings. The van der Waals surface area contributed by atoms with Gasteiger partial charge < -0.3 is 20.1 Å². The lowest BCUT2D eigenvalue weighted by molar-refractivity contribution is -0.117. The number of amides is 2. The fraction of sp³-hybridized carbons (Fsp3) is 0.417. The van der Waals surface area contributed by atoms with Crippen LogP contribution in [0.1, 0.15) is 55.8 Å². The molecule has 0 saturated heterocycles. The number of hydrogen-bond donors (Lipinski definition) is 2. The topological polar surface area (TPSA) is 76.7 Å². The van der Waals surface area contributed by atoms with Crippen molar-refractivity contribution in [3.8, 4) is 11.5 Å². The highest BCUT2D eigenvalue weighted by atomic mass is 16.5. The first-order chi connectivity index (χ1) is 14.6. The average molecular weight is 411 g/mol. The molecular weight excluding hydrogens is 380 g/mol. The number of rotatable bonds is 11. The van der Waals surface area contributed by atoms with Gasteiger partial charge in [-0.25, -0.2) is 0 Å². The Balaban J connectivity index is 1.55. The van der Waals surface area contributed by atoms with Gasteiger partial charge in [-0.1, -0.05) is 26.2 Å². The molecule has 1 aliphatic carbocycles. The second-order valence-corrected chi connectivity index (χ2v) is 7.57. The van der Waals surface area contributed by atoms with Gasteiger partial charge >= 0.3 is 0 Å². The van der Waals surface area contributed by atoms with Gasteiger partial charge in [0.2, 0.25) is 5.91 Å². The SMILES string of the molecule is CCCCCCOc1ccc(C(=O)Nc2ccc(NC(=O)C3CC3)cc2)cc1OC. The summed E-state index contributed by atoms with van der Waals surface area (Å²) in [6.07, 6.45) is 6.45. The van der Waals surface area contributed by atoms with E-state index in [-0.39, 0.29) is 17.7 Å². The molecule has 6 nitrogen and oxygen atoms in total. The van der Waals surface area contributed by atoms with Gasteiger partial charge in [-0.3, -0.25) is 9.59 Å². The molecule has 0 bridgehead atoms. The lowest BCUT2D eigenvalue weighted by Crippen LogP contribution is -2.14. The van der Waals surface area contributed by atoms with E-state index in [4.69, 9.17) is 9.47 Å². The average Bonchev–Trinajstić information content (AvgIpc) is 3.60. The van der Waals surface area contributed by atoms with E-state index < -0.39 is 0 Å². The normalized spacial score (nSPS) is 12.9. The zero-order valence-corrected chi connectivity index (χ0v) is 17.7. The van der Waals surface area contributed by atoms with Crippen LogP contribution in [0.5, 0.6) is 11.5 Å². The molecule has 2 amide bonds. The van der Waals surface area contributed by atoms with Crippen LogP contribution < -0.4 is 20.1 Å². The number of carbonyl (C=O) groups is 2. The number of unbranched alkanes of at least 4 members (excludes halogenated alkanes) is 3. The number of methoxy groups -OCH3 is 1. The van der Waals surface area contributed by atoms with Crippen LogP contribution in [-0.4, -0.2) is 25.5 Å². The van der Waals surface area contributed by atoms with Gasteiger partial charge in [0.1, 0.15) is 0 Å². The molecule has 160 valence electrons. The third kappa shape index (κ3) is 6.24. The maximum absolute atomic E-state index is 12.6. The van der Waals surface area contributed by atoms with Crippen molar-refractivity contribution in [2.24, 2.45) is 5.92 Å². The van der Waals surface area contributed by atoms with Crippen molar-refractivity contribution in [3.05, 3.63) is 48.0 Å². The van der Waals surface area contributed by atoms with E-state index in [1.165, 1.54) is 12.8 Å². The molecular formula is C24H30N2O4. The summed E-state index contributed by atoms with van der Waals surface area (Å²) in [5.41, 5.74) is 1.86. The molecule has 2 aromatic carbocycles. The highest BCUT2D eigenvalue weighted by molar-refractivity contribution is 6.04. The van der Waals surface area contributed by atoms with Gasteiger partial charge in [-0.05, 0) is 61.7 Å². The van der Waals surface area contributed by atoms with Crippen LogP contribution in [0.4, 0.5) is 11.4 Å². The Bertz CT molecular complexity index is 860. The molecule has 6 heteroatoms. The van der Waals surface area contributed by atoms with Crippen molar-refractivity contribution >= 4 is 23.2 Å². The predicted molar refractivity (Wildman–Crippen MR) is 118 cm³/mol. The molecule has 0 unspecified atom stereocenters. The van der Waals surface area contributed by atoms with E-state index in [0.717, 1.165) is 31.4 Å². The summed E-state index contributed by atoms with van der Waals surface area (Å²) < 4.78 is 11.2. The van der Waals surface area contributed by atoms with Gasteiger partial charge in [0, 0.05) is 22.9 Å². The quantitative estimate of drug-likeness (QED) is 0.496. The van der Waals surface area contributed by atoms with Crippen LogP contribution in [0.25, 0.3) is 0 Å². The second-order valence-electron chi connectivity index (χ2n) is 7.57. The fourth-order valence-electron chi connectivity index (χ4n) is 3.07. The molecule has 0 aromatic heterocycles. The maximum Gasteiger partial charge on any atom is 0.255 e. The summed E-state index contributed by atoms with van der Waals surface area (Å²) in [5, 5.41) is 5.75. The Morgan fingerprint density at radius 1 is 0.933 bits per heavy atom. The van der Waals surface area contributed by atoms with Gasteiger partial charge in [-0.2, -0.15) is 0 Å². The molecule has 0 radical (unpaired) electrons. The van der Waals surface area contributed by atoms with Crippen molar-refractivity contribution in [2.45, 2.75) is 45.4 Å². The zero-order chi connectivity index (χ0) is 21.3. The fourth-order valence-corrected chi connectivity index (χ4v) is 3.07. The van der Waals surface area contributed by atoms with Gasteiger partial charge in [0.25, 0.3) is 5.91 Å². The first kappa shape index (κ1) is 21.7. The Morgan fingerprint density at radius 2 is 1.63 bits per heavy atom. The lowest BCUT2D eigenvalue weighted by atomic mass is 10.1. The molecule has 0 atom stereocenters. The van der Waals surface area contributed by atoms with Crippen LogP contribution in [0, 0.1) is 5.92 Å². The van der Waals surface area contributed by atoms with Crippen LogP contribution in [0.3, 0.4) is 0 Å². The highest BCUT2D eigenvalue weighted by Crippen LogP contribution is 2.31. The number of carbonyl (C=O) groups excluding carboxylic acids is 2. The summed E-state index contributed by atoms with van der Waals surface area (Å²) in [4.78, 5) is 24.4. The standard InChI is InChI=1S/C24H30N2O4/c1-3-4-5-6-15-30-21-14-9-18(16-22(21)29-2)24(28)26-20-12-10-19(11-13-20)25-23(27)17-7-8-17/h9-14,16-17H,3-8,15H2,1-2H3,(H,25,27)(H,26,28). The summed E-state index contributed by atoms with van der Waals surface area (Å²) >= 11 is 0. The Morgan fingerprint density at radius 3 is 2.27 bits per heavy atom. The van der Waals surface area contributed by atoms with E-state index in [0.29, 0.717) is 29.4 Å². The summed E-state index contributed by atoms with van der Waals surface area (Å²) in [7, 11) is 1.57. The molecule has 0 aliphatic heterocycles. The number of hydrogen-bond acceptors (Lipinski definition) is 4. The van der Waals surface area contributed by atoms with Crippen molar-refractivity contribution in [1.82, 2.24) is 0 Å². The van der Waals surface area contributed by atoms with Gasteiger partial charge in [-0.15, -0.1) is 0 Å². The molecule has 3 rings (SSSR count). The van der Waals surface area contributed by atoms with E-state index in [2.05, 4.69) is 17.6 Å². The van der Waals surface area contributed by atoms with E-state index in [1.807, 2.05) is 0 Å². The highest BCUT2D eigenvalue weighted by Gasteiger charge is 2.29. The van der Waals surface area contributed by atoms with Crippen molar-refractivity contribution in [1.29, 1.82) is 0 Å². The number of nitrogens with one attached hydrogen (secondary N) is 2. The first-order valence-electron chi connectivity index (χ1n) is 10.6. The summed E-state index contributed by atoms with van der Waals surface area (Å²) in [6.45, 7) is 2.81. The second kappa shape index (κ2) is 10.7. The first-order valence-corrected chi connectivity index (χ1v) is 10.6. The smallest absolute Gasteiger partial charge is 0.255 e. The summed E-state index contributed by atoms with van der Waals surface area (Å²) in [6, 6.07) is 12.3. The molecule has 0 spiro atoms. The van der Waals surface area contributed by atoms with Crippen LogP contribution in [-0.2, 0) is 4.79 Å².